The maximum Gasteiger partial charge on any atom is 0.362 e. The van der Waals surface area contributed by atoms with Crippen molar-refractivity contribution in [1.29, 1.82) is 0 Å². The third kappa shape index (κ3) is 5.66. The van der Waals surface area contributed by atoms with Crippen molar-refractivity contribution in [3.63, 3.8) is 0 Å². The molecule has 0 N–H and O–H groups in total. The number of esters is 1. The van der Waals surface area contributed by atoms with Crippen LogP contribution in [0.25, 0.3) is 0 Å². The molecule has 0 aliphatic carbocycles. The topological polar surface area (TPSA) is 87.7 Å². The zero-order valence-corrected chi connectivity index (χ0v) is 18.4. The first-order valence-corrected chi connectivity index (χ1v) is 9.58. The summed E-state index contributed by atoms with van der Waals surface area (Å²) in [5, 5.41) is 13.2. The number of ether oxygens (including phenoxy) is 1. The molecule has 0 atom stereocenters. The van der Waals surface area contributed by atoms with Gasteiger partial charge in [-0.25, -0.2) is 31.7 Å². The summed E-state index contributed by atoms with van der Waals surface area (Å²) in [6.45, 7) is -3.64. The molecule has 0 unspecified atom stereocenters. The standard InChI is InChI=1S/C12H8F8I2N6O2/c13-9(14)11(17,18)2-27-6(21)4(23-25-27)1-30-8(29)5-7(22)28(26-24-5)3-12(19,20)10(15)16/h9-10H,1-3H2. The maximum atomic E-state index is 13.1. The molecule has 18 heteroatoms. The fourth-order valence-electron chi connectivity index (χ4n) is 1.79. The molecule has 8 nitrogen and oxygen atoms in total. The molecule has 0 radical (unpaired) electrons. The van der Waals surface area contributed by atoms with Crippen molar-refractivity contribution in [2.45, 2.75) is 44.4 Å². The molecular formula is C12H8F8I2N6O2. The second-order valence-corrected chi connectivity index (χ2v) is 7.61. The van der Waals surface area contributed by atoms with E-state index in [1.165, 1.54) is 45.2 Å². The molecule has 0 bridgehead atoms. The number of hydrogen-bond acceptors (Lipinski definition) is 6. The predicted octanol–water partition coefficient (Wildman–Crippen LogP) is 3.24. The Kier molecular flexibility index (Phi) is 7.83. The summed E-state index contributed by atoms with van der Waals surface area (Å²) in [7, 11) is 0. The summed E-state index contributed by atoms with van der Waals surface area (Å²) in [5.74, 6) is -9.98. The highest BCUT2D eigenvalue weighted by Crippen LogP contribution is 2.27. The SMILES string of the molecule is O=C(OCc1nnn(CC(F)(F)C(F)F)c1I)c1nnn(CC(F)(F)C(F)F)c1I. The van der Waals surface area contributed by atoms with Crippen molar-refractivity contribution < 1.29 is 44.7 Å². The fraction of sp³-hybridized carbons (Fsp3) is 0.583. The Balaban J connectivity index is 2.05. The smallest absolute Gasteiger partial charge is 0.362 e. The molecule has 0 aliphatic heterocycles. The van der Waals surface area contributed by atoms with E-state index in [1.807, 2.05) is 0 Å². The lowest BCUT2D eigenvalue weighted by Gasteiger charge is -2.15. The number of rotatable bonds is 9. The van der Waals surface area contributed by atoms with Gasteiger partial charge in [0.15, 0.2) is 0 Å². The van der Waals surface area contributed by atoms with Gasteiger partial charge in [-0.15, -0.1) is 10.2 Å². The van der Waals surface area contributed by atoms with Gasteiger partial charge < -0.3 is 4.74 Å². The molecule has 0 saturated carbocycles. The van der Waals surface area contributed by atoms with Crippen LogP contribution in [0.15, 0.2) is 0 Å². The summed E-state index contributed by atoms with van der Waals surface area (Å²) in [6, 6.07) is 0. The lowest BCUT2D eigenvalue weighted by atomic mass is 10.3. The number of nitrogens with zero attached hydrogens (tertiary/aromatic N) is 6. The van der Waals surface area contributed by atoms with Gasteiger partial charge in [-0.2, -0.15) is 17.6 Å². The third-order valence-electron chi connectivity index (χ3n) is 3.31. The third-order valence-corrected chi connectivity index (χ3v) is 5.55. The second kappa shape index (κ2) is 9.42. The first kappa shape index (κ1) is 24.9. The first-order chi connectivity index (χ1) is 13.8. The molecule has 0 fully saturated rings. The Hall–Kier alpha value is -1.35. The molecule has 2 heterocycles. The van der Waals surface area contributed by atoms with Gasteiger partial charge in [-0.05, 0) is 45.2 Å². The average Bonchev–Trinajstić information content (AvgIpc) is 3.16. The number of hydrogen-bond donors (Lipinski definition) is 0. The molecule has 0 aliphatic rings. The minimum Gasteiger partial charge on any atom is -0.454 e. The molecule has 2 aromatic heterocycles. The van der Waals surface area contributed by atoms with E-state index in [0.717, 1.165) is 0 Å². The Labute approximate surface area is 188 Å². The first-order valence-electron chi connectivity index (χ1n) is 7.42. The van der Waals surface area contributed by atoms with E-state index in [-0.39, 0.29) is 13.1 Å². The van der Waals surface area contributed by atoms with E-state index in [2.05, 4.69) is 20.6 Å². The van der Waals surface area contributed by atoms with Crippen molar-refractivity contribution >= 4 is 51.2 Å². The van der Waals surface area contributed by atoms with Crippen LogP contribution in [-0.2, 0) is 24.4 Å². The molecule has 168 valence electrons. The number of aromatic nitrogens is 6. The van der Waals surface area contributed by atoms with Crippen molar-refractivity contribution in [2.24, 2.45) is 0 Å². The van der Waals surface area contributed by atoms with Crippen molar-refractivity contribution in [3.8, 4) is 0 Å². The Bertz CT molecular complexity index is 905. The van der Waals surface area contributed by atoms with Crippen molar-refractivity contribution in [3.05, 3.63) is 18.8 Å². The summed E-state index contributed by atoms with van der Waals surface area (Å²) >= 11 is 2.84. The molecule has 30 heavy (non-hydrogen) atoms. The van der Waals surface area contributed by atoms with Crippen LogP contribution in [0.5, 0.6) is 0 Å². The van der Waals surface area contributed by atoms with Gasteiger partial charge in [0, 0.05) is 0 Å². The van der Waals surface area contributed by atoms with Crippen LogP contribution in [-0.4, -0.2) is 60.7 Å². The number of carbonyl (C=O) groups excluding carboxylic acids is 1. The van der Waals surface area contributed by atoms with E-state index in [1.54, 1.807) is 0 Å². The molecule has 0 aromatic carbocycles. The van der Waals surface area contributed by atoms with Crippen molar-refractivity contribution in [2.75, 3.05) is 0 Å². The van der Waals surface area contributed by atoms with E-state index >= 15 is 0 Å². The van der Waals surface area contributed by atoms with E-state index < -0.39 is 56.1 Å². The van der Waals surface area contributed by atoms with Gasteiger partial charge in [0.1, 0.15) is 32.8 Å². The van der Waals surface area contributed by atoms with Gasteiger partial charge in [0.05, 0.1) is 0 Å². The Morgan fingerprint density at radius 3 is 1.87 bits per heavy atom. The summed E-state index contributed by atoms with van der Waals surface area (Å²) < 4.78 is 107. The molecule has 2 rings (SSSR count). The monoisotopic (exact) mass is 674 g/mol. The summed E-state index contributed by atoms with van der Waals surface area (Å²) in [4.78, 5) is 12.0. The second-order valence-electron chi connectivity index (χ2n) is 5.57. The Morgan fingerprint density at radius 1 is 0.900 bits per heavy atom. The molecule has 2 aromatic rings. The highest BCUT2D eigenvalue weighted by Gasteiger charge is 2.43. The maximum absolute atomic E-state index is 13.1. The molecular weight excluding hydrogens is 666 g/mol. The average molecular weight is 674 g/mol. The quantitative estimate of drug-likeness (QED) is 0.231. The number of carbonyl (C=O) groups is 1. The summed E-state index contributed by atoms with van der Waals surface area (Å²) in [5.41, 5.74) is -0.715. The number of halogens is 10. The normalized spacial score (nSPS) is 12.8. The Morgan fingerprint density at radius 2 is 1.37 bits per heavy atom. The fourth-order valence-corrected chi connectivity index (χ4v) is 2.92. The minimum absolute atomic E-state index is 0.115. The lowest BCUT2D eigenvalue weighted by Crippen LogP contribution is -2.33. The zero-order valence-electron chi connectivity index (χ0n) is 14.1. The molecule has 0 spiro atoms. The van der Waals surface area contributed by atoms with E-state index in [0.29, 0.717) is 9.36 Å². The van der Waals surface area contributed by atoms with Gasteiger partial charge >= 0.3 is 30.7 Å². The molecule has 0 amide bonds. The van der Waals surface area contributed by atoms with Gasteiger partial charge in [0.2, 0.25) is 5.69 Å². The number of alkyl halides is 8. The van der Waals surface area contributed by atoms with Crippen molar-refractivity contribution in [1.82, 2.24) is 30.0 Å². The van der Waals surface area contributed by atoms with Crippen LogP contribution < -0.4 is 0 Å². The van der Waals surface area contributed by atoms with Crippen LogP contribution in [0.4, 0.5) is 35.1 Å². The van der Waals surface area contributed by atoms with Crippen LogP contribution >= 0.6 is 45.2 Å². The van der Waals surface area contributed by atoms with Crippen LogP contribution in [0.2, 0.25) is 0 Å². The highest BCUT2D eigenvalue weighted by atomic mass is 127. The van der Waals surface area contributed by atoms with Crippen LogP contribution in [0, 0.1) is 7.40 Å². The lowest BCUT2D eigenvalue weighted by molar-refractivity contribution is -0.140. The minimum atomic E-state index is -4.41. The van der Waals surface area contributed by atoms with E-state index in [9.17, 15) is 39.9 Å². The largest absolute Gasteiger partial charge is 0.454 e. The zero-order chi connectivity index (χ0) is 22.9. The predicted molar refractivity (Wildman–Crippen MR) is 96.5 cm³/mol. The van der Waals surface area contributed by atoms with Gasteiger partial charge in [0.25, 0.3) is 0 Å². The summed E-state index contributed by atoms with van der Waals surface area (Å²) in [6.07, 6.45) is -7.89. The van der Waals surface area contributed by atoms with Gasteiger partial charge in [-0.1, -0.05) is 10.4 Å². The van der Waals surface area contributed by atoms with E-state index in [4.69, 9.17) is 4.74 Å². The molecule has 0 saturated heterocycles. The van der Waals surface area contributed by atoms with Crippen LogP contribution in [0.3, 0.4) is 0 Å². The van der Waals surface area contributed by atoms with Crippen LogP contribution in [0.1, 0.15) is 16.2 Å². The highest BCUT2D eigenvalue weighted by molar-refractivity contribution is 14.1. The van der Waals surface area contributed by atoms with Gasteiger partial charge in [-0.3, -0.25) is 0 Å².